The molecule has 0 aliphatic rings. The molecule has 0 fully saturated rings. The van der Waals surface area contributed by atoms with E-state index in [1.165, 1.54) is 11.1 Å². The maximum Gasteiger partial charge on any atom is 0.258 e. The zero-order valence-corrected chi connectivity index (χ0v) is 11.7. The summed E-state index contributed by atoms with van der Waals surface area (Å²) in [6.07, 6.45) is 3.54. The van der Waals surface area contributed by atoms with Gasteiger partial charge in [0.1, 0.15) is 0 Å². The van der Waals surface area contributed by atoms with Gasteiger partial charge in [0.2, 0.25) is 5.82 Å². The van der Waals surface area contributed by atoms with Gasteiger partial charge < -0.3 is 4.52 Å². The lowest BCUT2D eigenvalue weighted by Gasteiger charge is -2.00. The second-order valence-corrected chi connectivity index (χ2v) is 4.97. The molecule has 0 amide bonds. The summed E-state index contributed by atoms with van der Waals surface area (Å²) in [6.45, 7) is 6.14. The van der Waals surface area contributed by atoms with Gasteiger partial charge in [0, 0.05) is 23.5 Å². The molecule has 0 bridgehead atoms. The highest BCUT2D eigenvalue weighted by molar-refractivity contribution is 5.60. The smallest absolute Gasteiger partial charge is 0.258 e. The van der Waals surface area contributed by atoms with Gasteiger partial charge >= 0.3 is 0 Å². The molecule has 0 spiro atoms. The van der Waals surface area contributed by atoms with Gasteiger partial charge in [0.15, 0.2) is 0 Å². The third kappa shape index (κ3) is 2.32. The van der Waals surface area contributed by atoms with E-state index in [0.717, 1.165) is 16.7 Å². The van der Waals surface area contributed by atoms with Crippen molar-refractivity contribution in [3.8, 4) is 22.8 Å². The first-order valence-corrected chi connectivity index (χ1v) is 6.47. The van der Waals surface area contributed by atoms with Crippen LogP contribution >= 0.6 is 0 Å². The van der Waals surface area contributed by atoms with Crippen molar-refractivity contribution in [2.45, 2.75) is 20.8 Å². The molecule has 2 aromatic heterocycles. The van der Waals surface area contributed by atoms with Gasteiger partial charge in [-0.2, -0.15) is 4.98 Å². The highest BCUT2D eigenvalue weighted by atomic mass is 16.5. The maximum atomic E-state index is 5.35. The second-order valence-electron chi connectivity index (χ2n) is 4.97. The molecular formula is C16H15N3O. The Morgan fingerprint density at radius 3 is 2.50 bits per heavy atom. The molecule has 4 nitrogen and oxygen atoms in total. The SMILES string of the molecule is Cc1cncc(-c2noc(-c3ccc(C)c(C)c3)n2)c1. The fourth-order valence-electron chi connectivity index (χ4n) is 2.01. The standard InChI is InChI=1S/C16H15N3O/c1-10-6-14(9-17-8-10)15-18-16(20-19-15)13-5-4-11(2)12(3)7-13/h4-9H,1-3H3. The predicted octanol–water partition coefficient (Wildman–Crippen LogP) is 3.72. The molecule has 0 saturated carbocycles. The molecule has 0 aliphatic heterocycles. The van der Waals surface area contributed by atoms with Crippen LogP contribution in [0.15, 0.2) is 41.2 Å². The third-order valence-corrected chi connectivity index (χ3v) is 3.31. The Kier molecular flexibility index (Phi) is 3.06. The number of hydrogen-bond acceptors (Lipinski definition) is 4. The van der Waals surface area contributed by atoms with E-state index in [9.17, 15) is 0 Å². The molecule has 2 heterocycles. The Balaban J connectivity index is 1.99. The van der Waals surface area contributed by atoms with Crippen LogP contribution in [0, 0.1) is 20.8 Å². The number of rotatable bonds is 2. The molecule has 0 N–H and O–H groups in total. The number of nitrogens with zero attached hydrogens (tertiary/aromatic N) is 3. The van der Waals surface area contributed by atoms with E-state index in [4.69, 9.17) is 4.52 Å². The van der Waals surface area contributed by atoms with E-state index < -0.39 is 0 Å². The molecule has 0 radical (unpaired) electrons. The summed E-state index contributed by atoms with van der Waals surface area (Å²) in [5.41, 5.74) is 5.33. The zero-order valence-electron chi connectivity index (χ0n) is 11.7. The molecule has 0 atom stereocenters. The Hall–Kier alpha value is -2.49. The van der Waals surface area contributed by atoms with Crippen molar-refractivity contribution in [3.05, 3.63) is 53.3 Å². The van der Waals surface area contributed by atoms with E-state index in [2.05, 4.69) is 41.1 Å². The molecule has 100 valence electrons. The summed E-state index contributed by atoms with van der Waals surface area (Å²) in [5.74, 6) is 1.10. The Morgan fingerprint density at radius 1 is 0.900 bits per heavy atom. The molecule has 1 aromatic carbocycles. The molecule has 0 aliphatic carbocycles. The van der Waals surface area contributed by atoms with Crippen molar-refractivity contribution in [1.29, 1.82) is 0 Å². The van der Waals surface area contributed by atoms with Crippen LogP contribution in [0.25, 0.3) is 22.8 Å². The van der Waals surface area contributed by atoms with Crippen molar-refractivity contribution in [3.63, 3.8) is 0 Å². The fourth-order valence-corrected chi connectivity index (χ4v) is 2.01. The average Bonchev–Trinajstić information content (AvgIpc) is 2.92. The number of aryl methyl sites for hydroxylation is 3. The largest absolute Gasteiger partial charge is 0.334 e. The number of aromatic nitrogens is 3. The van der Waals surface area contributed by atoms with Crippen LogP contribution in [0.3, 0.4) is 0 Å². The summed E-state index contributed by atoms with van der Waals surface area (Å²) in [4.78, 5) is 8.59. The summed E-state index contributed by atoms with van der Waals surface area (Å²) < 4.78 is 5.35. The lowest BCUT2D eigenvalue weighted by molar-refractivity contribution is 0.432. The van der Waals surface area contributed by atoms with Gasteiger partial charge in [-0.15, -0.1) is 0 Å². The van der Waals surface area contributed by atoms with Crippen molar-refractivity contribution < 1.29 is 4.52 Å². The van der Waals surface area contributed by atoms with E-state index in [1.807, 2.05) is 19.1 Å². The summed E-state index contributed by atoms with van der Waals surface area (Å²) in [7, 11) is 0. The summed E-state index contributed by atoms with van der Waals surface area (Å²) in [5, 5.41) is 4.03. The molecule has 4 heteroatoms. The Bertz CT molecular complexity index is 762. The van der Waals surface area contributed by atoms with Crippen molar-refractivity contribution in [1.82, 2.24) is 15.1 Å². The quantitative estimate of drug-likeness (QED) is 0.708. The molecular weight excluding hydrogens is 250 g/mol. The first-order valence-electron chi connectivity index (χ1n) is 6.47. The maximum absolute atomic E-state index is 5.35. The topological polar surface area (TPSA) is 51.8 Å². The van der Waals surface area contributed by atoms with Gasteiger partial charge in [-0.1, -0.05) is 11.2 Å². The summed E-state index contributed by atoms with van der Waals surface area (Å²) in [6, 6.07) is 8.10. The van der Waals surface area contributed by atoms with E-state index >= 15 is 0 Å². The minimum atomic E-state index is 0.532. The van der Waals surface area contributed by atoms with Crippen LogP contribution in [0.1, 0.15) is 16.7 Å². The first-order chi connectivity index (χ1) is 9.63. The minimum Gasteiger partial charge on any atom is -0.334 e. The normalized spacial score (nSPS) is 10.8. The zero-order chi connectivity index (χ0) is 14.1. The van der Waals surface area contributed by atoms with Crippen LogP contribution in [-0.2, 0) is 0 Å². The van der Waals surface area contributed by atoms with E-state index in [-0.39, 0.29) is 0 Å². The second kappa shape index (κ2) is 4.89. The first kappa shape index (κ1) is 12.5. The molecule has 20 heavy (non-hydrogen) atoms. The molecule has 0 unspecified atom stereocenters. The van der Waals surface area contributed by atoms with Crippen LogP contribution in [0.2, 0.25) is 0 Å². The molecule has 3 rings (SSSR count). The number of pyridine rings is 1. The lowest BCUT2D eigenvalue weighted by Crippen LogP contribution is -1.85. The number of hydrogen-bond donors (Lipinski definition) is 0. The molecule has 0 saturated heterocycles. The van der Waals surface area contributed by atoms with Gasteiger partial charge in [0.05, 0.1) is 0 Å². The van der Waals surface area contributed by atoms with Gasteiger partial charge in [-0.3, -0.25) is 4.98 Å². The highest BCUT2D eigenvalue weighted by Gasteiger charge is 2.11. The van der Waals surface area contributed by atoms with Crippen LogP contribution in [0.4, 0.5) is 0 Å². The van der Waals surface area contributed by atoms with Crippen molar-refractivity contribution >= 4 is 0 Å². The number of benzene rings is 1. The average molecular weight is 265 g/mol. The minimum absolute atomic E-state index is 0.532. The van der Waals surface area contributed by atoms with Crippen LogP contribution in [0.5, 0.6) is 0 Å². The Morgan fingerprint density at radius 2 is 1.75 bits per heavy atom. The van der Waals surface area contributed by atoms with Gasteiger partial charge in [-0.25, -0.2) is 0 Å². The molecule has 3 aromatic rings. The lowest BCUT2D eigenvalue weighted by atomic mass is 10.1. The highest BCUT2D eigenvalue weighted by Crippen LogP contribution is 2.23. The van der Waals surface area contributed by atoms with Gasteiger partial charge in [0.25, 0.3) is 5.89 Å². The Labute approximate surface area is 117 Å². The fraction of sp³-hybridized carbons (Fsp3) is 0.188. The van der Waals surface area contributed by atoms with Gasteiger partial charge in [-0.05, 0) is 55.7 Å². The van der Waals surface area contributed by atoms with Crippen molar-refractivity contribution in [2.75, 3.05) is 0 Å². The third-order valence-electron chi connectivity index (χ3n) is 3.31. The van der Waals surface area contributed by atoms with Crippen LogP contribution in [-0.4, -0.2) is 15.1 Å². The van der Waals surface area contributed by atoms with E-state index in [0.29, 0.717) is 11.7 Å². The monoisotopic (exact) mass is 265 g/mol. The van der Waals surface area contributed by atoms with E-state index in [1.54, 1.807) is 12.4 Å². The van der Waals surface area contributed by atoms with Crippen molar-refractivity contribution in [2.24, 2.45) is 0 Å². The predicted molar refractivity (Wildman–Crippen MR) is 77.2 cm³/mol. The van der Waals surface area contributed by atoms with Crippen LogP contribution < -0.4 is 0 Å². The summed E-state index contributed by atoms with van der Waals surface area (Å²) >= 11 is 0.